The maximum Gasteiger partial charge on any atom is 0.326 e. The minimum Gasteiger partial charge on any atom is -0.489 e. The van der Waals surface area contributed by atoms with E-state index < -0.39 is 36.1 Å². The molecule has 5 aromatic carbocycles. The highest BCUT2D eigenvalue weighted by atomic mass is 35.5. The van der Waals surface area contributed by atoms with Crippen LogP contribution < -0.4 is 24.8 Å². The third kappa shape index (κ3) is 9.90. The van der Waals surface area contributed by atoms with Gasteiger partial charge in [0.25, 0.3) is 0 Å². The highest BCUT2D eigenvalue weighted by Gasteiger charge is 2.38. The van der Waals surface area contributed by atoms with Gasteiger partial charge in [-0.3, -0.25) is 9.78 Å². The van der Waals surface area contributed by atoms with Gasteiger partial charge in [0.05, 0.1) is 6.04 Å². The quantitative estimate of drug-likeness (QED) is 0.110. The topological polar surface area (TPSA) is 139 Å². The number of aryl methyl sites for hydroxylation is 1. The molecule has 0 aliphatic carbocycles. The number of nitrogens with zero attached hydrogens (tertiary/aromatic N) is 2. The first kappa shape index (κ1) is 43.1. The molecule has 1 aromatic heterocycles. The van der Waals surface area contributed by atoms with Gasteiger partial charge >= 0.3 is 12.0 Å². The van der Waals surface area contributed by atoms with Crippen molar-refractivity contribution in [3.63, 3.8) is 0 Å². The normalized spacial score (nSPS) is 16.3. The van der Waals surface area contributed by atoms with Gasteiger partial charge < -0.3 is 34.9 Å². The number of carboxylic acid groups (broad SMARTS) is 1. The smallest absolute Gasteiger partial charge is 0.326 e. The van der Waals surface area contributed by atoms with E-state index in [1.54, 1.807) is 18.3 Å². The summed E-state index contributed by atoms with van der Waals surface area (Å²) in [6.07, 6.45) is 1.52. The van der Waals surface area contributed by atoms with Crippen molar-refractivity contribution in [2.24, 2.45) is 0 Å². The van der Waals surface area contributed by atoms with Crippen LogP contribution in [0.2, 0.25) is 10.0 Å². The number of aromatic nitrogens is 1. The van der Waals surface area contributed by atoms with Gasteiger partial charge in [-0.25, -0.2) is 9.59 Å². The fourth-order valence-corrected chi connectivity index (χ4v) is 8.37. The Kier molecular flexibility index (Phi) is 12.9. The number of urea groups is 1. The summed E-state index contributed by atoms with van der Waals surface area (Å²) in [7, 11) is 0. The molecule has 0 fully saturated rings. The third-order valence-corrected chi connectivity index (χ3v) is 12.3. The lowest BCUT2D eigenvalue weighted by atomic mass is 9.92. The maximum absolute atomic E-state index is 14.3. The van der Waals surface area contributed by atoms with E-state index >= 15 is 0 Å². The van der Waals surface area contributed by atoms with Crippen LogP contribution in [0.3, 0.4) is 0 Å². The van der Waals surface area contributed by atoms with Gasteiger partial charge in [-0.1, -0.05) is 96.0 Å². The summed E-state index contributed by atoms with van der Waals surface area (Å²) >= 11 is 12.3. The number of fused-ring (bicyclic) bond motifs is 2. The van der Waals surface area contributed by atoms with E-state index in [1.165, 1.54) is 4.90 Å². The first-order chi connectivity index (χ1) is 30.4. The number of pyridine rings is 1. The maximum atomic E-state index is 14.3. The summed E-state index contributed by atoms with van der Waals surface area (Å²) in [5.41, 5.74) is 8.93. The van der Waals surface area contributed by atoms with E-state index in [4.69, 9.17) is 37.4 Å². The molecular weight excluding hydrogens is 839 g/mol. The number of ether oxygens (including phenoxy) is 3. The standard InChI is InChI=1S/C50H46Cl2N4O7/c1-29-30(2)53-20-19-41(29)34-11-9-32(10-12-34)21-43(49(58)59)55-48(57)44-22-37-23-45-46(24-38(37)26-56(44)50(60)54-31(3)33-7-5-4-6-8-33)63-47(28-62-45)35-14-17-40(18-15-35)61-27-36-13-16-39(51)25-42(36)52/h4-20,23-25,31,43-44,47H,21-22,26-28H2,1-3H3,(H,54,60)(H,55,57)(H,58,59)/t31-,43+,44+,47-/m1/s1. The SMILES string of the molecule is Cc1nccc(-c2ccc(C[C@H](NC(=O)[C@@H]3Cc4cc5c(cc4CN3C(=O)N[C@H](C)c3ccccc3)O[C@@H](c3ccc(OCc4ccc(Cl)cc4Cl)cc3)CO5)C(=O)O)cc2)c1C. The van der Waals surface area contributed by atoms with Crippen LogP contribution in [-0.4, -0.2) is 51.6 Å². The van der Waals surface area contributed by atoms with Gasteiger partial charge in [-0.15, -0.1) is 0 Å². The van der Waals surface area contributed by atoms with E-state index in [2.05, 4.69) is 15.6 Å². The molecule has 322 valence electrons. The average Bonchev–Trinajstić information content (AvgIpc) is 3.28. The summed E-state index contributed by atoms with van der Waals surface area (Å²) in [4.78, 5) is 46.9. The van der Waals surface area contributed by atoms with Crippen molar-refractivity contribution in [3.8, 4) is 28.4 Å². The molecule has 0 saturated carbocycles. The van der Waals surface area contributed by atoms with Gasteiger partial charge in [0.2, 0.25) is 5.91 Å². The van der Waals surface area contributed by atoms with Crippen LogP contribution >= 0.6 is 23.2 Å². The fourth-order valence-electron chi connectivity index (χ4n) is 7.91. The van der Waals surface area contributed by atoms with Gasteiger partial charge in [0.15, 0.2) is 17.6 Å². The zero-order chi connectivity index (χ0) is 44.2. The molecule has 2 aliphatic heterocycles. The number of carbonyl (C=O) groups excluding carboxylic acids is 2. The Bertz CT molecular complexity index is 2640. The molecule has 0 saturated heterocycles. The molecule has 3 heterocycles. The molecule has 4 atom stereocenters. The molecular formula is C50H46Cl2N4O7. The van der Waals surface area contributed by atoms with Gasteiger partial charge in [-0.2, -0.15) is 0 Å². The summed E-state index contributed by atoms with van der Waals surface area (Å²) in [5.74, 6) is -0.0749. The first-order valence-electron chi connectivity index (χ1n) is 20.7. The van der Waals surface area contributed by atoms with Crippen LogP contribution in [0, 0.1) is 13.8 Å². The average molecular weight is 886 g/mol. The molecule has 13 heteroatoms. The fraction of sp³-hybridized carbons (Fsp3) is 0.240. The predicted molar refractivity (Wildman–Crippen MR) is 241 cm³/mol. The van der Waals surface area contributed by atoms with Crippen molar-refractivity contribution in [2.45, 2.75) is 71.0 Å². The second-order valence-corrected chi connectivity index (χ2v) is 16.7. The van der Waals surface area contributed by atoms with Crippen molar-refractivity contribution in [1.29, 1.82) is 0 Å². The Balaban J connectivity index is 0.988. The van der Waals surface area contributed by atoms with Crippen molar-refractivity contribution in [1.82, 2.24) is 20.5 Å². The number of aliphatic carboxylic acids is 1. The number of carbonyl (C=O) groups is 3. The molecule has 11 nitrogen and oxygen atoms in total. The molecule has 3 amide bonds. The summed E-state index contributed by atoms with van der Waals surface area (Å²) < 4.78 is 18.7. The van der Waals surface area contributed by atoms with Gasteiger partial charge in [-0.05, 0) is 108 Å². The minimum absolute atomic E-state index is 0.0458. The van der Waals surface area contributed by atoms with Crippen molar-refractivity contribution < 1.29 is 33.7 Å². The van der Waals surface area contributed by atoms with Crippen LogP contribution in [-0.2, 0) is 35.6 Å². The minimum atomic E-state index is -1.25. The number of hydrogen-bond donors (Lipinski definition) is 3. The van der Waals surface area contributed by atoms with E-state index in [9.17, 15) is 19.5 Å². The number of hydrogen-bond acceptors (Lipinski definition) is 7. The van der Waals surface area contributed by atoms with Crippen LogP contribution in [0.4, 0.5) is 4.79 Å². The Morgan fingerprint density at radius 1 is 0.889 bits per heavy atom. The number of carboxylic acids is 1. The van der Waals surface area contributed by atoms with E-state index in [0.29, 0.717) is 27.3 Å². The Morgan fingerprint density at radius 3 is 2.37 bits per heavy atom. The summed E-state index contributed by atoms with van der Waals surface area (Å²) in [6, 6.07) is 32.6. The summed E-state index contributed by atoms with van der Waals surface area (Å²) in [5, 5.41) is 17.2. The Hall–Kier alpha value is -6.56. The molecule has 0 unspecified atom stereocenters. The van der Waals surface area contributed by atoms with E-state index in [0.717, 1.165) is 55.8 Å². The second kappa shape index (κ2) is 18.8. The lowest BCUT2D eigenvalue weighted by molar-refractivity contribution is -0.142. The summed E-state index contributed by atoms with van der Waals surface area (Å²) in [6.45, 7) is 6.44. The highest BCUT2D eigenvalue weighted by Crippen LogP contribution is 2.41. The lowest BCUT2D eigenvalue weighted by Crippen LogP contribution is -2.57. The van der Waals surface area contributed by atoms with Crippen molar-refractivity contribution in [2.75, 3.05) is 6.61 Å². The Morgan fingerprint density at radius 2 is 1.63 bits per heavy atom. The number of halogens is 2. The molecule has 3 N–H and O–H groups in total. The number of nitrogens with one attached hydrogen (secondary N) is 2. The monoisotopic (exact) mass is 884 g/mol. The van der Waals surface area contributed by atoms with Crippen LogP contribution in [0.5, 0.6) is 17.2 Å². The largest absolute Gasteiger partial charge is 0.489 e. The molecule has 2 aliphatic rings. The highest BCUT2D eigenvalue weighted by molar-refractivity contribution is 6.35. The number of benzene rings is 5. The van der Waals surface area contributed by atoms with E-state index in [1.807, 2.05) is 124 Å². The number of amides is 3. The zero-order valence-electron chi connectivity index (χ0n) is 34.9. The predicted octanol–water partition coefficient (Wildman–Crippen LogP) is 9.77. The van der Waals surface area contributed by atoms with Crippen molar-refractivity contribution >= 4 is 41.1 Å². The van der Waals surface area contributed by atoms with E-state index in [-0.39, 0.29) is 38.6 Å². The molecule has 63 heavy (non-hydrogen) atoms. The zero-order valence-corrected chi connectivity index (χ0v) is 36.5. The third-order valence-electron chi connectivity index (χ3n) is 11.7. The Labute approximate surface area is 375 Å². The second-order valence-electron chi connectivity index (χ2n) is 15.9. The molecule has 0 bridgehead atoms. The molecule has 8 rings (SSSR count). The van der Waals surface area contributed by atoms with Crippen LogP contribution in [0.15, 0.2) is 121 Å². The first-order valence-corrected chi connectivity index (χ1v) is 21.4. The molecule has 6 aromatic rings. The molecule has 0 spiro atoms. The van der Waals surface area contributed by atoms with Crippen LogP contribution in [0.25, 0.3) is 11.1 Å². The number of rotatable bonds is 12. The van der Waals surface area contributed by atoms with Crippen molar-refractivity contribution in [3.05, 3.63) is 176 Å². The van der Waals surface area contributed by atoms with Crippen LogP contribution in [0.1, 0.15) is 63.7 Å². The van der Waals surface area contributed by atoms with Gasteiger partial charge in [0.1, 0.15) is 31.0 Å². The lowest BCUT2D eigenvalue weighted by Gasteiger charge is -2.38. The van der Waals surface area contributed by atoms with Gasteiger partial charge in [0, 0.05) is 46.9 Å². The molecule has 0 radical (unpaired) electrons.